The Kier molecular flexibility index (Phi) is 6.77. The lowest BCUT2D eigenvalue weighted by molar-refractivity contribution is 0.0984. The van der Waals surface area contributed by atoms with Crippen molar-refractivity contribution in [1.82, 2.24) is 15.0 Å². The van der Waals surface area contributed by atoms with Gasteiger partial charge >= 0.3 is 0 Å². The molecular formula is C23H23ClN4O4S2. The Morgan fingerprint density at radius 1 is 1.12 bits per heavy atom. The summed E-state index contributed by atoms with van der Waals surface area (Å²) < 4.78 is 30.6. The summed E-state index contributed by atoms with van der Waals surface area (Å²) in [5.74, 6) is 0.00295. The zero-order valence-corrected chi connectivity index (χ0v) is 21.5. The molecule has 4 aromatic rings. The van der Waals surface area contributed by atoms with E-state index in [2.05, 4.69) is 10.1 Å². The highest BCUT2D eigenvalue weighted by molar-refractivity contribution is 7.91. The normalized spacial score (nSPS) is 11.9. The summed E-state index contributed by atoms with van der Waals surface area (Å²) >= 11 is 7.63. The number of hydrogen-bond donors (Lipinski definition) is 0. The highest BCUT2D eigenvalue weighted by atomic mass is 35.5. The van der Waals surface area contributed by atoms with Crippen LogP contribution in [0.25, 0.3) is 21.5 Å². The van der Waals surface area contributed by atoms with Gasteiger partial charge in [-0.05, 0) is 39.2 Å². The monoisotopic (exact) mass is 518 g/mol. The van der Waals surface area contributed by atoms with Crippen molar-refractivity contribution in [3.8, 4) is 11.3 Å². The molecule has 0 N–H and O–H groups in total. The number of anilines is 1. The maximum absolute atomic E-state index is 13.9. The summed E-state index contributed by atoms with van der Waals surface area (Å²) in [4.78, 5) is 22.1. The van der Waals surface area contributed by atoms with Crippen molar-refractivity contribution in [1.29, 1.82) is 0 Å². The Morgan fingerprint density at radius 3 is 2.53 bits per heavy atom. The second kappa shape index (κ2) is 9.46. The van der Waals surface area contributed by atoms with Crippen LogP contribution in [0.1, 0.15) is 16.1 Å². The minimum atomic E-state index is -3.49. The van der Waals surface area contributed by atoms with Gasteiger partial charge in [-0.1, -0.05) is 52.4 Å². The van der Waals surface area contributed by atoms with Crippen LogP contribution in [-0.4, -0.2) is 62.8 Å². The smallest absolute Gasteiger partial charge is 0.266 e. The number of aryl methyl sites for hydroxylation is 1. The molecule has 0 aliphatic carbocycles. The summed E-state index contributed by atoms with van der Waals surface area (Å²) in [6, 6.07) is 12.1. The molecule has 0 atom stereocenters. The number of carbonyl (C=O) groups is 1. The molecule has 0 fully saturated rings. The third kappa shape index (κ3) is 4.72. The van der Waals surface area contributed by atoms with Gasteiger partial charge < -0.3 is 9.42 Å². The molecular weight excluding hydrogens is 496 g/mol. The van der Waals surface area contributed by atoms with Crippen LogP contribution in [-0.2, 0) is 9.84 Å². The molecule has 0 aliphatic rings. The summed E-state index contributed by atoms with van der Waals surface area (Å²) in [6.07, 6.45) is 1.14. The minimum absolute atomic E-state index is 0.130. The van der Waals surface area contributed by atoms with E-state index in [1.54, 1.807) is 37.3 Å². The van der Waals surface area contributed by atoms with Crippen molar-refractivity contribution in [2.45, 2.75) is 11.8 Å². The number of rotatable bonds is 7. The van der Waals surface area contributed by atoms with Gasteiger partial charge in [-0.25, -0.2) is 13.4 Å². The van der Waals surface area contributed by atoms with Crippen molar-refractivity contribution in [3.05, 3.63) is 58.8 Å². The number of thiazole rings is 1. The molecule has 0 saturated heterocycles. The lowest BCUT2D eigenvalue weighted by atomic mass is 10.1. The third-order valence-corrected chi connectivity index (χ3v) is 7.72. The second-order valence-electron chi connectivity index (χ2n) is 8.07. The number of sulfone groups is 1. The van der Waals surface area contributed by atoms with Gasteiger partial charge in [-0.2, -0.15) is 0 Å². The number of aromatic nitrogens is 2. The number of fused-ring (bicyclic) bond motifs is 1. The maximum atomic E-state index is 13.9. The number of carbonyl (C=O) groups excluding carboxylic acids is 1. The molecule has 8 nitrogen and oxygen atoms in total. The van der Waals surface area contributed by atoms with E-state index in [0.29, 0.717) is 50.5 Å². The highest BCUT2D eigenvalue weighted by Gasteiger charge is 2.30. The largest absolute Gasteiger partial charge is 0.360 e. The molecule has 34 heavy (non-hydrogen) atoms. The standard InChI is InChI=1S/C23H23ClN4O4S2/c1-14-19(20(26-32-14)15-8-5-6-9-16(15)24)22(29)28(13-12-27(2)3)23-25-21-17(33-23)10-7-11-18(21)34(4,30)31/h5-11H,12-13H2,1-4H3. The Balaban J connectivity index is 1.85. The summed E-state index contributed by atoms with van der Waals surface area (Å²) in [5.41, 5.74) is 1.57. The van der Waals surface area contributed by atoms with Crippen LogP contribution in [0.15, 0.2) is 51.9 Å². The van der Waals surface area contributed by atoms with Crippen molar-refractivity contribution in [2.24, 2.45) is 0 Å². The molecule has 11 heteroatoms. The van der Waals surface area contributed by atoms with Crippen LogP contribution in [0.2, 0.25) is 5.02 Å². The molecule has 0 unspecified atom stereocenters. The Hall–Kier alpha value is -2.79. The Morgan fingerprint density at radius 2 is 1.85 bits per heavy atom. The maximum Gasteiger partial charge on any atom is 0.266 e. The number of nitrogens with zero attached hydrogens (tertiary/aromatic N) is 4. The molecule has 2 aromatic heterocycles. The van der Waals surface area contributed by atoms with Gasteiger partial charge in [0.1, 0.15) is 22.5 Å². The molecule has 0 spiro atoms. The van der Waals surface area contributed by atoms with E-state index in [0.717, 1.165) is 6.26 Å². The zero-order valence-electron chi connectivity index (χ0n) is 19.1. The Labute approximate surface area is 206 Å². The molecule has 1 amide bonds. The van der Waals surface area contributed by atoms with Crippen molar-refractivity contribution in [2.75, 3.05) is 38.3 Å². The van der Waals surface area contributed by atoms with E-state index in [-0.39, 0.29) is 16.4 Å². The average molecular weight is 519 g/mol. The number of para-hydroxylation sites is 1. The van der Waals surface area contributed by atoms with Gasteiger partial charge in [0, 0.05) is 24.9 Å². The number of halogens is 1. The van der Waals surface area contributed by atoms with Crippen LogP contribution >= 0.6 is 22.9 Å². The third-order valence-electron chi connectivity index (χ3n) is 5.22. The van der Waals surface area contributed by atoms with Gasteiger partial charge in [0.25, 0.3) is 5.91 Å². The molecule has 2 heterocycles. The summed E-state index contributed by atoms with van der Waals surface area (Å²) in [7, 11) is 0.318. The lowest BCUT2D eigenvalue weighted by Crippen LogP contribution is -2.37. The fourth-order valence-corrected chi connectivity index (χ4v) is 5.65. The number of benzene rings is 2. The highest BCUT2D eigenvalue weighted by Crippen LogP contribution is 2.36. The zero-order chi connectivity index (χ0) is 24.6. The number of hydrogen-bond acceptors (Lipinski definition) is 8. The molecule has 0 saturated carbocycles. The minimum Gasteiger partial charge on any atom is -0.360 e. The topological polar surface area (TPSA) is 96.6 Å². The van der Waals surface area contributed by atoms with Crippen LogP contribution in [0.5, 0.6) is 0 Å². The number of likely N-dealkylation sites (N-methyl/N-ethyl adjacent to an activating group) is 1. The molecule has 178 valence electrons. The predicted octanol–water partition coefficient (Wildman–Crippen LogP) is 4.53. The number of amides is 1. The quantitative estimate of drug-likeness (QED) is 0.354. The first-order valence-corrected chi connectivity index (χ1v) is 13.4. The second-order valence-corrected chi connectivity index (χ2v) is 11.5. The molecule has 2 aromatic carbocycles. The first kappa shape index (κ1) is 24.3. The van der Waals surface area contributed by atoms with Crippen LogP contribution < -0.4 is 4.90 Å². The first-order chi connectivity index (χ1) is 16.1. The molecule has 0 bridgehead atoms. The van der Waals surface area contributed by atoms with Crippen molar-refractivity contribution in [3.63, 3.8) is 0 Å². The van der Waals surface area contributed by atoms with E-state index in [1.807, 2.05) is 25.1 Å². The fraction of sp³-hybridized carbons (Fsp3) is 0.261. The average Bonchev–Trinajstić information content (AvgIpc) is 3.36. The molecule has 4 rings (SSSR count). The molecule has 0 aliphatic heterocycles. The van der Waals surface area contributed by atoms with Crippen molar-refractivity contribution >= 4 is 54.0 Å². The van der Waals surface area contributed by atoms with E-state index >= 15 is 0 Å². The van der Waals surface area contributed by atoms with Gasteiger partial charge in [-0.15, -0.1) is 0 Å². The van der Waals surface area contributed by atoms with E-state index in [1.165, 1.54) is 22.3 Å². The van der Waals surface area contributed by atoms with Crippen LogP contribution in [0.3, 0.4) is 0 Å². The van der Waals surface area contributed by atoms with Gasteiger partial charge in [0.15, 0.2) is 15.0 Å². The van der Waals surface area contributed by atoms with E-state index in [4.69, 9.17) is 16.1 Å². The fourth-order valence-electron chi connectivity index (χ4n) is 3.51. The van der Waals surface area contributed by atoms with Gasteiger partial charge in [0.05, 0.1) is 14.6 Å². The van der Waals surface area contributed by atoms with Gasteiger partial charge in [0.2, 0.25) is 0 Å². The van der Waals surface area contributed by atoms with Gasteiger partial charge in [-0.3, -0.25) is 9.69 Å². The van der Waals surface area contributed by atoms with Crippen LogP contribution in [0, 0.1) is 6.92 Å². The lowest BCUT2D eigenvalue weighted by Gasteiger charge is -2.22. The first-order valence-electron chi connectivity index (χ1n) is 10.4. The summed E-state index contributed by atoms with van der Waals surface area (Å²) in [5, 5.41) is 4.95. The Bertz CT molecular complexity index is 1480. The van der Waals surface area contributed by atoms with Crippen LogP contribution in [0.4, 0.5) is 5.13 Å². The van der Waals surface area contributed by atoms with E-state index in [9.17, 15) is 13.2 Å². The SMILES string of the molecule is Cc1onc(-c2ccccc2Cl)c1C(=O)N(CCN(C)C)c1nc2c(S(C)(=O)=O)cccc2s1. The predicted molar refractivity (Wildman–Crippen MR) is 135 cm³/mol. The summed E-state index contributed by atoms with van der Waals surface area (Å²) in [6.45, 7) is 2.56. The molecule has 0 radical (unpaired) electrons. The van der Waals surface area contributed by atoms with E-state index < -0.39 is 9.84 Å². The van der Waals surface area contributed by atoms with Crippen molar-refractivity contribution < 1.29 is 17.7 Å².